The quantitative estimate of drug-likeness (QED) is 0.233. The highest BCUT2D eigenvalue weighted by Gasteiger charge is 2.62. The molecule has 3 aromatic rings. The molecular formula is C40H50N6O8S. The molecule has 3 fully saturated rings. The Kier molecular flexibility index (Phi) is 10.5. The minimum atomic E-state index is -3.91. The van der Waals surface area contributed by atoms with Gasteiger partial charge in [0.15, 0.2) is 5.65 Å². The van der Waals surface area contributed by atoms with Crippen LogP contribution in [0.4, 0.5) is 4.79 Å². The van der Waals surface area contributed by atoms with Crippen molar-refractivity contribution in [3.8, 4) is 17.0 Å². The Morgan fingerprint density at radius 2 is 1.71 bits per heavy atom. The summed E-state index contributed by atoms with van der Waals surface area (Å²) in [6, 6.07) is 12.8. The molecule has 1 unspecified atom stereocenters. The number of aryl methyl sites for hydroxylation is 1. The maximum Gasteiger partial charge on any atom is 0.408 e. The number of nitrogens with one attached hydrogen (secondary N) is 3. The van der Waals surface area contributed by atoms with Gasteiger partial charge in [-0.2, -0.15) is 0 Å². The van der Waals surface area contributed by atoms with Crippen molar-refractivity contribution in [1.29, 1.82) is 0 Å². The lowest BCUT2D eigenvalue weighted by Gasteiger charge is -2.36. The molecule has 2 aromatic heterocycles. The van der Waals surface area contributed by atoms with Crippen LogP contribution in [0.15, 0.2) is 61.2 Å². The van der Waals surface area contributed by atoms with Gasteiger partial charge in [-0.3, -0.25) is 19.1 Å². The van der Waals surface area contributed by atoms with Gasteiger partial charge >= 0.3 is 6.09 Å². The van der Waals surface area contributed by atoms with Gasteiger partial charge < -0.3 is 25.0 Å². The van der Waals surface area contributed by atoms with E-state index in [1.54, 1.807) is 47.6 Å². The highest BCUT2D eigenvalue weighted by Crippen LogP contribution is 2.45. The summed E-state index contributed by atoms with van der Waals surface area (Å²) in [5.41, 5.74) is -0.547. The highest BCUT2D eigenvalue weighted by atomic mass is 32.2. The van der Waals surface area contributed by atoms with Gasteiger partial charge in [-0.05, 0) is 64.5 Å². The van der Waals surface area contributed by atoms with E-state index in [1.807, 2.05) is 49.4 Å². The second-order valence-electron chi connectivity index (χ2n) is 16.8. The van der Waals surface area contributed by atoms with Crippen molar-refractivity contribution in [2.45, 2.75) is 109 Å². The number of sulfonamides is 1. The second kappa shape index (κ2) is 14.5. The van der Waals surface area contributed by atoms with E-state index in [1.165, 1.54) is 11.0 Å². The van der Waals surface area contributed by atoms with Crippen LogP contribution in [0.3, 0.4) is 0 Å². The van der Waals surface area contributed by atoms with Gasteiger partial charge in [0.2, 0.25) is 21.8 Å². The van der Waals surface area contributed by atoms with Crippen LogP contribution in [0.25, 0.3) is 22.3 Å². The molecule has 5 atom stereocenters. The van der Waals surface area contributed by atoms with E-state index >= 15 is 0 Å². The number of pyridine rings is 2. The van der Waals surface area contributed by atoms with Crippen LogP contribution in [-0.4, -0.2) is 88.2 Å². The zero-order valence-electron chi connectivity index (χ0n) is 32.3. The summed E-state index contributed by atoms with van der Waals surface area (Å²) in [5, 5.41) is 5.51. The molecule has 3 aliphatic rings. The number of carbonyl (C=O) groups is 4. The van der Waals surface area contributed by atoms with E-state index in [2.05, 4.69) is 26.9 Å². The topological polar surface area (TPSA) is 186 Å². The fourth-order valence-corrected chi connectivity index (χ4v) is 8.20. The maximum atomic E-state index is 14.6. The third-order valence-electron chi connectivity index (χ3n) is 10.0. The van der Waals surface area contributed by atoms with Gasteiger partial charge in [-0.25, -0.2) is 23.2 Å². The predicted octanol–water partition coefficient (Wildman–Crippen LogP) is 4.56. The van der Waals surface area contributed by atoms with E-state index in [9.17, 15) is 27.6 Å². The molecule has 1 aromatic carbocycles. The van der Waals surface area contributed by atoms with Crippen molar-refractivity contribution < 1.29 is 37.1 Å². The number of likely N-dealkylation sites (tertiary alicyclic amines) is 1. The van der Waals surface area contributed by atoms with E-state index < -0.39 is 79.7 Å². The van der Waals surface area contributed by atoms with Gasteiger partial charge in [0.05, 0.1) is 22.9 Å². The Morgan fingerprint density at radius 3 is 2.31 bits per heavy atom. The Morgan fingerprint density at radius 1 is 1.02 bits per heavy atom. The van der Waals surface area contributed by atoms with E-state index in [0.717, 1.165) is 11.3 Å². The molecule has 294 valence electrons. The predicted molar refractivity (Wildman–Crippen MR) is 206 cm³/mol. The number of nitrogens with zero attached hydrogens (tertiary/aromatic N) is 3. The molecular weight excluding hydrogens is 725 g/mol. The van der Waals surface area contributed by atoms with Gasteiger partial charge in [-0.1, -0.05) is 57.2 Å². The van der Waals surface area contributed by atoms with Crippen molar-refractivity contribution >= 4 is 44.9 Å². The number of hydrogen-bond donors (Lipinski definition) is 3. The number of rotatable bonds is 11. The van der Waals surface area contributed by atoms with Crippen molar-refractivity contribution in [2.24, 2.45) is 11.3 Å². The lowest BCUT2D eigenvalue weighted by molar-refractivity contribution is -0.143. The smallest absolute Gasteiger partial charge is 0.408 e. The summed E-state index contributed by atoms with van der Waals surface area (Å²) >= 11 is 0. The molecule has 0 bridgehead atoms. The Balaban J connectivity index is 1.34. The summed E-state index contributed by atoms with van der Waals surface area (Å²) in [6.45, 7) is 16.1. The number of carbonyl (C=O) groups excluding carboxylic acids is 4. The van der Waals surface area contributed by atoms with E-state index in [-0.39, 0.29) is 19.4 Å². The Labute approximate surface area is 321 Å². The molecule has 4 amide bonds. The zero-order valence-corrected chi connectivity index (χ0v) is 33.2. The Bertz CT molecular complexity index is 2130. The van der Waals surface area contributed by atoms with Crippen molar-refractivity contribution in [2.75, 3.05) is 6.54 Å². The number of aromatic nitrogens is 2. The minimum Gasteiger partial charge on any atom is -0.488 e. The Hall–Kier alpha value is -5.05. The van der Waals surface area contributed by atoms with Crippen LogP contribution in [-0.2, 0) is 29.1 Å². The first-order chi connectivity index (χ1) is 25.7. The SMILES string of the molecule is C=C[C@@H]1C[C@]1(NC(=O)[C@@H]1CC(Oc2cc(-c3ccccc3)nc3nc(C)ccc23)CN1C(=O)[C@@H](NC(=O)OC(C)(C)C)C(C)(C)C)C(=O)NS(=O)(=O)C1CC1. The van der Waals surface area contributed by atoms with Crippen molar-refractivity contribution in [3.63, 3.8) is 0 Å². The monoisotopic (exact) mass is 774 g/mol. The summed E-state index contributed by atoms with van der Waals surface area (Å²) < 4.78 is 39.8. The third kappa shape index (κ3) is 8.77. The molecule has 15 heteroatoms. The second-order valence-corrected chi connectivity index (χ2v) is 18.8. The lowest BCUT2D eigenvalue weighted by Crippen LogP contribution is -2.60. The molecule has 2 saturated carbocycles. The van der Waals surface area contributed by atoms with Gasteiger partial charge in [-0.15, -0.1) is 6.58 Å². The van der Waals surface area contributed by atoms with Crippen LogP contribution in [0, 0.1) is 18.3 Å². The zero-order chi connectivity index (χ0) is 40.1. The molecule has 0 spiro atoms. The van der Waals surface area contributed by atoms with Crippen molar-refractivity contribution in [3.05, 3.63) is 66.9 Å². The average molecular weight is 775 g/mol. The molecule has 6 rings (SSSR count). The summed E-state index contributed by atoms with van der Waals surface area (Å²) in [4.78, 5) is 66.4. The first kappa shape index (κ1) is 39.6. The molecule has 55 heavy (non-hydrogen) atoms. The fraction of sp³-hybridized carbons (Fsp3) is 0.500. The highest BCUT2D eigenvalue weighted by molar-refractivity contribution is 7.91. The van der Waals surface area contributed by atoms with Gasteiger partial charge in [0.25, 0.3) is 5.91 Å². The number of ether oxygens (including phenoxy) is 2. The number of benzene rings is 1. The number of alkyl carbamates (subject to hydrolysis) is 1. The lowest BCUT2D eigenvalue weighted by atomic mass is 9.85. The first-order valence-corrected chi connectivity index (χ1v) is 20.1. The number of amides is 4. The van der Waals surface area contributed by atoms with E-state index in [0.29, 0.717) is 35.3 Å². The number of fused-ring (bicyclic) bond motifs is 1. The normalized spacial score (nSPS) is 23.0. The molecule has 3 N–H and O–H groups in total. The first-order valence-electron chi connectivity index (χ1n) is 18.5. The largest absolute Gasteiger partial charge is 0.488 e. The van der Waals surface area contributed by atoms with Crippen LogP contribution in [0.2, 0.25) is 0 Å². The van der Waals surface area contributed by atoms with Crippen LogP contribution in [0.1, 0.15) is 72.9 Å². The minimum absolute atomic E-state index is 0.0154. The fourth-order valence-electron chi connectivity index (χ4n) is 6.84. The summed E-state index contributed by atoms with van der Waals surface area (Å²) in [7, 11) is -3.91. The summed E-state index contributed by atoms with van der Waals surface area (Å²) in [6.07, 6.45) is 1.03. The molecule has 3 heterocycles. The van der Waals surface area contributed by atoms with Crippen molar-refractivity contribution in [1.82, 2.24) is 30.2 Å². The van der Waals surface area contributed by atoms with Crippen LogP contribution in [0.5, 0.6) is 5.75 Å². The molecule has 0 radical (unpaired) electrons. The van der Waals surface area contributed by atoms with Gasteiger partial charge in [0, 0.05) is 29.7 Å². The molecule has 14 nitrogen and oxygen atoms in total. The average Bonchev–Trinajstić information content (AvgIpc) is 4.02. The maximum absolute atomic E-state index is 14.6. The summed E-state index contributed by atoms with van der Waals surface area (Å²) in [5.74, 6) is -2.16. The van der Waals surface area contributed by atoms with Crippen LogP contribution < -0.4 is 20.1 Å². The number of hydrogen-bond acceptors (Lipinski definition) is 10. The molecule has 1 aliphatic heterocycles. The molecule has 1 saturated heterocycles. The van der Waals surface area contributed by atoms with Gasteiger partial charge in [0.1, 0.15) is 35.1 Å². The van der Waals surface area contributed by atoms with Crippen LogP contribution >= 0.6 is 0 Å². The standard InChI is InChI=1S/C40H50N6O8S/c1-9-25-21-40(25,36(49)45-55(51,52)27-16-17-27)44-34(47)30-19-26(22-46(30)35(48)32(38(3,4)5)43-37(50)54-39(6,7)8)53-31-20-29(24-13-11-10-12-14-24)42-33-28(31)18-15-23(2)41-33/h9-15,18,20,25-27,30,32H,1,16-17,19,21-22H2,2-8H3,(H,43,50)(H,44,47)(H,45,49)/t25-,26?,30+,32-,40-/m1/s1. The molecule has 2 aliphatic carbocycles. The van der Waals surface area contributed by atoms with E-state index in [4.69, 9.17) is 14.5 Å². The third-order valence-corrected chi connectivity index (χ3v) is 11.8.